The summed E-state index contributed by atoms with van der Waals surface area (Å²) < 4.78 is 40.6. The molecular weight excluding hydrogens is 389 g/mol. The standard InChI is InChI=1S/C23H21F3N4/c1-12-13(2)28-20-19(27-12)18(29-30-21(20)23(24,25)26)15-10-14-8-6-7-9-16(14)17(11-15)22(3,4)5/h6-11H,1-5H3. The van der Waals surface area contributed by atoms with E-state index in [0.717, 1.165) is 16.3 Å². The highest BCUT2D eigenvalue weighted by Crippen LogP contribution is 2.38. The second kappa shape index (κ2) is 6.72. The van der Waals surface area contributed by atoms with Crippen molar-refractivity contribution in [3.05, 3.63) is 59.0 Å². The predicted octanol–water partition coefficient (Wildman–Crippen LogP) is 6.17. The van der Waals surface area contributed by atoms with E-state index in [9.17, 15) is 13.2 Å². The Morgan fingerprint density at radius 3 is 2.07 bits per heavy atom. The average molecular weight is 410 g/mol. The molecule has 0 amide bonds. The molecule has 154 valence electrons. The van der Waals surface area contributed by atoms with Crippen LogP contribution in [0.4, 0.5) is 13.2 Å². The molecule has 0 aliphatic carbocycles. The first-order valence-corrected chi connectivity index (χ1v) is 9.59. The summed E-state index contributed by atoms with van der Waals surface area (Å²) in [6.45, 7) is 9.66. The SMILES string of the molecule is Cc1nc2c(-c3cc(C(C)(C)C)c4ccccc4c3)nnc(C(F)(F)F)c2nc1C. The van der Waals surface area contributed by atoms with Gasteiger partial charge in [0.2, 0.25) is 0 Å². The van der Waals surface area contributed by atoms with Crippen LogP contribution in [-0.4, -0.2) is 20.2 Å². The van der Waals surface area contributed by atoms with Crippen molar-refractivity contribution in [1.29, 1.82) is 0 Å². The Kier molecular flexibility index (Phi) is 4.52. The summed E-state index contributed by atoms with van der Waals surface area (Å²) in [5, 5.41) is 9.56. The molecule has 0 unspecified atom stereocenters. The van der Waals surface area contributed by atoms with E-state index in [4.69, 9.17) is 0 Å². The first-order valence-electron chi connectivity index (χ1n) is 9.59. The Bertz CT molecular complexity index is 1290. The van der Waals surface area contributed by atoms with Gasteiger partial charge in [-0.05, 0) is 47.7 Å². The normalized spacial score (nSPS) is 12.7. The van der Waals surface area contributed by atoms with Gasteiger partial charge in [-0.25, -0.2) is 9.97 Å². The van der Waals surface area contributed by atoms with Crippen LogP contribution in [0, 0.1) is 13.8 Å². The fourth-order valence-corrected chi connectivity index (χ4v) is 3.58. The minimum absolute atomic E-state index is 0.107. The summed E-state index contributed by atoms with van der Waals surface area (Å²) in [5.41, 5.74) is 1.56. The molecule has 7 heteroatoms. The van der Waals surface area contributed by atoms with E-state index >= 15 is 0 Å². The summed E-state index contributed by atoms with van der Waals surface area (Å²) >= 11 is 0. The van der Waals surface area contributed by atoms with Crippen molar-refractivity contribution < 1.29 is 13.2 Å². The van der Waals surface area contributed by atoms with Gasteiger partial charge in [-0.3, -0.25) is 0 Å². The van der Waals surface area contributed by atoms with Gasteiger partial charge in [0, 0.05) is 5.56 Å². The van der Waals surface area contributed by atoms with Crippen LogP contribution in [0.2, 0.25) is 0 Å². The lowest BCUT2D eigenvalue weighted by atomic mass is 9.82. The average Bonchev–Trinajstić information content (AvgIpc) is 2.65. The fourth-order valence-electron chi connectivity index (χ4n) is 3.58. The second-order valence-corrected chi connectivity index (χ2v) is 8.48. The van der Waals surface area contributed by atoms with E-state index in [1.54, 1.807) is 13.8 Å². The molecule has 0 radical (unpaired) electrons. The minimum Gasteiger partial charge on any atom is -0.247 e. The number of alkyl halides is 3. The summed E-state index contributed by atoms with van der Waals surface area (Å²) in [5.74, 6) is 0. The molecule has 0 saturated heterocycles. The van der Waals surface area contributed by atoms with Crippen molar-refractivity contribution in [1.82, 2.24) is 20.2 Å². The number of benzene rings is 2. The Hall–Kier alpha value is -3.09. The first kappa shape index (κ1) is 20.2. The van der Waals surface area contributed by atoms with Gasteiger partial charge < -0.3 is 0 Å². The zero-order valence-corrected chi connectivity index (χ0v) is 17.4. The molecule has 4 nitrogen and oxygen atoms in total. The molecule has 30 heavy (non-hydrogen) atoms. The Balaban J connectivity index is 2.10. The van der Waals surface area contributed by atoms with Gasteiger partial charge >= 0.3 is 6.18 Å². The van der Waals surface area contributed by atoms with Gasteiger partial charge in [0.15, 0.2) is 5.69 Å². The van der Waals surface area contributed by atoms with Crippen molar-refractivity contribution in [2.45, 2.75) is 46.2 Å². The molecule has 0 bridgehead atoms. The van der Waals surface area contributed by atoms with Crippen LogP contribution in [-0.2, 0) is 11.6 Å². The van der Waals surface area contributed by atoms with Crippen molar-refractivity contribution >= 4 is 21.8 Å². The number of hydrogen-bond acceptors (Lipinski definition) is 4. The highest BCUT2D eigenvalue weighted by molar-refractivity contribution is 5.96. The Morgan fingerprint density at radius 1 is 0.800 bits per heavy atom. The molecule has 4 aromatic rings. The van der Waals surface area contributed by atoms with Crippen LogP contribution < -0.4 is 0 Å². The van der Waals surface area contributed by atoms with Gasteiger partial charge in [-0.2, -0.15) is 13.2 Å². The van der Waals surface area contributed by atoms with Crippen LogP contribution in [0.1, 0.15) is 43.4 Å². The van der Waals surface area contributed by atoms with E-state index in [1.807, 2.05) is 36.4 Å². The number of aromatic nitrogens is 4. The molecule has 4 rings (SSSR count). The zero-order valence-electron chi connectivity index (χ0n) is 17.4. The number of nitrogens with zero attached hydrogens (tertiary/aromatic N) is 4. The molecule has 0 N–H and O–H groups in total. The number of rotatable bonds is 1. The van der Waals surface area contributed by atoms with Crippen molar-refractivity contribution in [2.24, 2.45) is 0 Å². The van der Waals surface area contributed by atoms with Gasteiger partial charge in [0.25, 0.3) is 0 Å². The molecule has 0 aliphatic heterocycles. The zero-order chi connectivity index (χ0) is 21.8. The van der Waals surface area contributed by atoms with E-state index in [0.29, 0.717) is 22.6 Å². The number of halogens is 3. The van der Waals surface area contributed by atoms with Crippen LogP contribution in [0.15, 0.2) is 36.4 Å². The first-order chi connectivity index (χ1) is 14.0. The van der Waals surface area contributed by atoms with Crippen LogP contribution in [0.25, 0.3) is 33.1 Å². The van der Waals surface area contributed by atoms with Crippen molar-refractivity contribution in [3.63, 3.8) is 0 Å². The van der Waals surface area contributed by atoms with Crippen molar-refractivity contribution in [3.8, 4) is 11.3 Å². The maximum atomic E-state index is 13.5. The molecule has 0 fully saturated rings. The topological polar surface area (TPSA) is 51.6 Å². The summed E-state index contributed by atoms with van der Waals surface area (Å²) in [6.07, 6.45) is -4.67. The maximum absolute atomic E-state index is 13.5. The summed E-state index contributed by atoms with van der Waals surface area (Å²) in [7, 11) is 0. The molecule has 2 aromatic carbocycles. The van der Waals surface area contributed by atoms with Crippen LogP contribution in [0.5, 0.6) is 0 Å². The highest BCUT2D eigenvalue weighted by Gasteiger charge is 2.37. The van der Waals surface area contributed by atoms with Crippen LogP contribution in [0.3, 0.4) is 0 Å². The number of fused-ring (bicyclic) bond motifs is 2. The van der Waals surface area contributed by atoms with E-state index < -0.39 is 11.9 Å². The molecule has 2 aromatic heterocycles. The lowest BCUT2D eigenvalue weighted by Crippen LogP contribution is -2.14. The van der Waals surface area contributed by atoms with Gasteiger partial charge in [-0.1, -0.05) is 45.0 Å². The lowest BCUT2D eigenvalue weighted by molar-refractivity contribution is -0.140. The van der Waals surface area contributed by atoms with Crippen molar-refractivity contribution in [2.75, 3.05) is 0 Å². The predicted molar refractivity (Wildman–Crippen MR) is 111 cm³/mol. The lowest BCUT2D eigenvalue weighted by Gasteiger charge is -2.23. The second-order valence-electron chi connectivity index (χ2n) is 8.48. The van der Waals surface area contributed by atoms with Crippen LogP contribution >= 0.6 is 0 Å². The van der Waals surface area contributed by atoms with E-state index in [2.05, 4.69) is 40.9 Å². The third-order valence-electron chi connectivity index (χ3n) is 5.22. The fraction of sp³-hybridized carbons (Fsp3) is 0.304. The molecule has 0 atom stereocenters. The summed E-state index contributed by atoms with van der Waals surface area (Å²) in [6, 6.07) is 11.8. The highest BCUT2D eigenvalue weighted by atomic mass is 19.4. The molecule has 0 saturated carbocycles. The monoisotopic (exact) mass is 410 g/mol. The minimum atomic E-state index is -4.67. The van der Waals surface area contributed by atoms with Gasteiger partial charge in [0.05, 0.1) is 11.4 Å². The molecule has 0 aliphatic rings. The summed E-state index contributed by atoms with van der Waals surface area (Å²) in [4.78, 5) is 8.61. The van der Waals surface area contributed by atoms with Gasteiger partial charge in [-0.15, -0.1) is 10.2 Å². The quantitative estimate of drug-likeness (QED) is 0.376. The Morgan fingerprint density at radius 2 is 1.43 bits per heavy atom. The number of aryl methyl sites for hydroxylation is 2. The third-order valence-corrected chi connectivity index (χ3v) is 5.22. The van der Waals surface area contributed by atoms with E-state index in [-0.39, 0.29) is 16.4 Å². The molecule has 0 spiro atoms. The molecular formula is C23H21F3N4. The molecule has 2 heterocycles. The smallest absolute Gasteiger partial charge is 0.247 e. The number of hydrogen-bond donors (Lipinski definition) is 0. The van der Waals surface area contributed by atoms with Gasteiger partial charge in [0.1, 0.15) is 16.7 Å². The largest absolute Gasteiger partial charge is 0.437 e. The van der Waals surface area contributed by atoms with E-state index in [1.165, 1.54) is 0 Å². The third kappa shape index (κ3) is 3.38. The maximum Gasteiger partial charge on any atom is 0.437 e. The Labute approximate surface area is 172 Å².